The van der Waals surface area contributed by atoms with Crippen LogP contribution in [0.4, 0.5) is 0 Å². The van der Waals surface area contributed by atoms with Crippen LogP contribution in [-0.4, -0.2) is 27.7 Å². The topological polar surface area (TPSA) is 42.2 Å². The Hall–Kier alpha value is -1.94. The molecule has 0 saturated carbocycles. The summed E-state index contributed by atoms with van der Waals surface area (Å²) >= 11 is 0. The van der Waals surface area contributed by atoms with E-state index in [2.05, 4.69) is 57.2 Å². The molecule has 1 aliphatic heterocycles. The van der Waals surface area contributed by atoms with Crippen molar-refractivity contribution in [1.82, 2.24) is 19.9 Å². The lowest BCUT2D eigenvalue weighted by Crippen LogP contribution is -2.27. The number of rotatable bonds is 1. The van der Waals surface area contributed by atoms with Crippen molar-refractivity contribution in [3.8, 4) is 0 Å². The number of aromatic nitrogens is 3. The van der Waals surface area contributed by atoms with Gasteiger partial charge in [0.2, 0.25) is 0 Å². The van der Waals surface area contributed by atoms with Gasteiger partial charge in [0.15, 0.2) is 5.65 Å². The molecule has 1 aliphatic rings. The maximum atomic E-state index is 4.50. The van der Waals surface area contributed by atoms with Crippen LogP contribution in [0.1, 0.15) is 30.1 Å². The number of pyridine rings is 1. The Kier molecular flexibility index (Phi) is 2.70. The molecule has 1 fully saturated rings. The molecular formula is C16H18N4. The van der Waals surface area contributed by atoms with E-state index in [9.17, 15) is 0 Å². The molecule has 1 aromatic carbocycles. The molecule has 2 aromatic heterocycles. The van der Waals surface area contributed by atoms with Crippen molar-refractivity contribution in [3.63, 3.8) is 0 Å². The van der Waals surface area contributed by atoms with Crippen molar-refractivity contribution in [2.45, 2.75) is 25.7 Å². The van der Waals surface area contributed by atoms with Crippen molar-refractivity contribution in [3.05, 3.63) is 41.7 Å². The van der Waals surface area contributed by atoms with Gasteiger partial charge in [-0.15, -0.1) is 10.2 Å². The number of aryl methyl sites for hydroxylation is 1. The summed E-state index contributed by atoms with van der Waals surface area (Å²) in [7, 11) is 0. The zero-order valence-electron chi connectivity index (χ0n) is 11.6. The van der Waals surface area contributed by atoms with Crippen LogP contribution in [0.3, 0.4) is 0 Å². The zero-order valence-corrected chi connectivity index (χ0v) is 11.6. The first-order valence-electron chi connectivity index (χ1n) is 7.29. The highest BCUT2D eigenvalue weighted by Gasteiger charge is 2.21. The molecule has 102 valence electrons. The van der Waals surface area contributed by atoms with Gasteiger partial charge in [-0.2, -0.15) is 0 Å². The lowest BCUT2D eigenvalue weighted by Gasteiger charge is -2.21. The number of nitrogens with one attached hydrogen (secondary N) is 1. The van der Waals surface area contributed by atoms with Crippen LogP contribution in [0.5, 0.6) is 0 Å². The molecule has 0 radical (unpaired) electrons. The van der Waals surface area contributed by atoms with Gasteiger partial charge in [-0.3, -0.25) is 4.40 Å². The van der Waals surface area contributed by atoms with Crippen molar-refractivity contribution in [2.24, 2.45) is 0 Å². The number of hydrogen-bond donors (Lipinski definition) is 1. The summed E-state index contributed by atoms with van der Waals surface area (Å²) in [5, 5.41) is 13.6. The molecule has 3 aromatic rings. The minimum Gasteiger partial charge on any atom is -0.317 e. The first-order valence-corrected chi connectivity index (χ1v) is 7.29. The standard InChI is InChI=1S/C16H18N4/c1-11-10-15-18-19-16(12-6-8-17-9-7-12)20(15)14-5-3-2-4-13(11)14/h2-5,10,12,17H,6-9H2,1H3. The number of hydrogen-bond acceptors (Lipinski definition) is 3. The summed E-state index contributed by atoms with van der Waals surface area (Å²) in [5.41, 5.74) is 3.45. The van der Waals surface area contributed by atoms with Gasteiger partial charge < -0.3 is 5.32 Å². The van der Waals surface area contributed by atoms with Gasteiger partial charge in [-0.1, -0.05) is 18.2 Å². The van der Waals surface area contributed by atoms with Gasteiger partial charge in [-0.05, 0) is 50.6 Å². The van der Waals surface area contributed by atoms with E-state index in [1.54, 1.807) is 0 Å². The van der Waals surface area contributed by atoms with Crippen LogP contribution in [0.2, 0.25) is 0 Å². The summed E-state index contributed by atoms with van der Waals surface area (Å²) < 4.78 is 2.25. The summed E-state index contributed by atoms with van der Waals surface area (Å²) in [5.74, 6) is 1.63. The van der Waals surface area contributed by atoms with Crippen molar-refractivity contribution >= 4 is 16.6 Å². The average Bonchev–Trinajstić information content (AvgIpc) is 2.92. The van der Waals surface area contributed by atoms with E-state index in [-0.39, 0.29) is 0 Å². The van der Waals surface area contributed by atoms with Crippen LogP contribution in [-0.2, 0) is 0 Å². The molecule has 20 heavy (non-hydrogen) atoms. The van der Waals surface area contributed by atoms with Gasteiger partial charge in [0.1, 0.15) is 5.82 Å². The third kappa shape index (κ3) is 1.72. The predicted octanol–water partition coefficient (Wildman–Crippen LogP) is 2.66. The van der Waals surface area contributed by atoms with Crippen LogP contribution in [0.25, 0.3) is 16.6 Å². The van der Waals surface area contributed by atoms with E-state index in [1.165, 1.54) is 16.5 Å². The molecule has 0 bridgehead atoms. The third-order valence-electron chi connectivity index (χ3n) is 4.33. The monoisotopic (exact) mass is 266 g/mol. The molecule has 0 unspecified atom stereocenters. The SMILES string of the molecule is Cc1cc2nnc(C3CCNCC3)n2c2ccccc12. The second-order valence-corrected chi connectivity index (χ2v) is 5.62. The summed E-state index contributed by atoms with van der Waals surface area (Å²) in [6, 6.07) is 10.7. The number of fused-ring (bicyclic) bond motifs is 3. The average molecular weight is 266 g/mol. The molecule has 0 amide bonds. The molecule has 0 atom stereocenters. The molecule has 0 aliphatic carbocycles. The van der Waals surface area contributed by atoms with Crippen molar-refractivity contribution < 1.29 is 0 Å². The Morgan fingerprint density at radius 1 is 1.15 bits per heavy atom. The largest absolute Gasteiger partial charge is 0.317 e. The van der Waals surface area contributed by atoms with E-state index in [0.717, 1.165) is 37.4 Å². The smallest absolute Gasteiger partial charge is 0.161 e. The minimum absolute atomic E-state index is 0.511. The highest BCUT2D eigenvalue weighted by atomic mass is 15.3. The quantitative estimate of drug-likeness (QED) is 0.736. The molecule has 1 saturated heterocycles. The normalized spacial score (nSPS) is 17.1. The van der Waals surface area contributed by atoms with Gasteiger partial charge in [-0.25, -0.2) is 0 Å². The molecule has 3 heterocycles. The van der Waals surface area contributed by atoms with Gasteiger partial charge in [0.25, 0.3) is 0 Å². The van der Waals surface area contributed by atoms with Crippen molar-refractivity contribution in [2.75, 3.05) is 13.1 Å². The van der Waals surface area contributed by atoms with Crippen LogP contribution in [0, 0.1) is 6.92 Å². The zero-order chi connectivity index (χ0) is 13.5. The lowest BCUT2D eigenvalue weighted by atomic mass is 9.97. The molecule has 4 rings (SSSR count). The van der Waals surface area contributed by atoms with Gasteiger partial charge in [0, 0.05) is 11.3 Å². The fraction of sp³-hybridized carbons (Fsp3) is 0.375. The molecule has 4 heteroatoms. The second-order valence-electron chi connectivity index (χ2n) is 5.62. The summed E-state index contributed by atoms with van der Waals surface area (Å²) in [4.78, 5) is 0. The summed E-state index contributed by atoms with van der Waals surface area (Å²) in [6.45, 7) is 4.29. The number of nitrogens with zero attached hydrogens (tertiary/aromatic N) is 3. The lowest BCUT2D eigenvalue weighted by molar-refractivity contribution is 0.443. The fourth-order valence-corrected chi connectivity index (χ4v) is 3.27. The third-order valence-corrected chi connectivity index (χ3v) is 4.33. The Labute approximate surface area is 117 Å². The number of piperidine rings is 1. The maximum absolute atomic E-state index is 4.50. The Balaban J connectivity index is 2.00. The van der Waals surface area contributed by atoms with E-state index < -0.39 is 0 Å². The first kappa shape index (κ1) is 11.9. The molecule has 1 N–H and O–H groups in total. The summed E-state index contributed by atoms with van der Waals surface area (Å²) in [6.07, 6.45) is 2.28. The van der Waals surface area contributed by atoms with Gasteiger partial charge >= 0.3 is 0 Å². The number of para-hydroxylation sites is 1. The molecule has 0 spiro atoms. The van der Waals surface area contributed by atoms with Crippen LogP contribution < -0.4 is 5.32 Å². The highest BCUT2D eigenvalue weighted by molar-refractivity contribution is 5.85. The van der Waals surface area contributed by atoms with Crippen LogP contribution in [0.15, 0.2) is 30.3 Å². The number of benzene rings is 1. The Bertz CT molecular complexity index is 769. The Morgan fingerprint density at radius 2 is 1.95 bits per heavy atom. The Morgan fingerprint density at radius 3 is 2.80 bits per heavy atom. The molecular weight excluding hydrogens is 248 g/mol. The van der Waals surface area contributed by atoms with E-state index >= 15 is 0 Å². The predicted molar refractivity (Wildman–Crippen MR) is 80.1 cm³/mol. The van der Waals surface area contributed by atoms with E-state index in [1.807, 2.05) is 0 Å². The van der Waals surface area contributed by atoms with Gasteiger partial charge in [0.05, 0.1) is 5.52 Å². The highest BCUT2D eigenvalue weighted by Crippen LogP contribution is 2.28. The van der Waals surface area contributed by atoms with E-state index in [4.69, 9.17) is 0 Å². The maximum Gasteiger partial charge on any atom is 0.161 e. The minimum atomic E-state index is 0.511. The second kappa shape index (κ2) is 4.56. The van der Waals surface area contributed by atoms with Crippen LogP contribution >= 0.6 is 0 Å². The molecule has 4 nitrogen and oxygen atoms in total. The first-order chi connectivity index (χ1) is 9.84. The fourth-order valence-electron chi connectivity index (χ4n) is 3.27. The van der Waals surface area contributed by atoms with E-state index in [0.29, 0.717) is 5.92 Å². The van der Waals surface area contributed by atoms with Crippen molar-refractivity contribution in [1.29, 1.82) is 0 Å².